The van der Waals surface area contributed by atoms with Crippen LogP contribution in [-0.4, -0.2) is 22.0 Å². The molecule has 68 valence electrons. The van der Waals surface area contributed by atoms with Gasteiger partial charge in [0.1, 0.15) is 5.69 Å². The molecule has 0 aliphatic carbocycles. The van der Waals surface area contributed by atoms with E-state index in [1.807, 2.05) is 0 Å². The Balaban J connectivity index is 3.19. The summed E-state index contributed by atoms with van der Waals surface area (Å²) >= 11 is 0. The molecule has 6 nitrogen and oxygen atoms in total. The number of nitrogens with zero attached hydrogens (tertiary/aromatic N) is 1. The van der Waals surface area contributed by atoms with Crippen molar-refractivity contribution in [2.45, 2.75) is 0 Å². The third kappa shape index (κ3) is 1.79. The highest BCUT2D eigenvalue weighted by atomic mass is 16.5. The fourth-order valence-electron chi connectivity index (χ4n) is 0.838. The summed E-state index contributed by atoms with van der Waals surface area (Å²) in [4.78, 5) is 25.3. The number of carbonyl (C=O) groups excluding carboxylic acids is 2. The molecule has 0 radical (unpaired) electrons. The van der Waals surface area contributed by atoms with Crippen LogP contribution >= 0.6 is 0 Å². The fraction of sp³-hybridized carbons (Fsp3) is 0. The highest BCUT2D eigenvalue weighted by Gasteiger charge is 2.14. The van der Waals surface area contributed by atoms with Crippen LogP contribution in [0.2, 0.25) is 0 Å². The lowest BCUT2D eigenvalue weighted by atomic mass is 10.2. The van der Waals surface area contributed by atoms with Gasteiger partial charge >= 0.3 is 0 Å². The number of hydrogen-bond donors (Lipinski definition) is 3. The predicted octanol–water partition coefficient (Wildman–Crippen LogP) is -0.701. The Morgan fingerprint density at radius 2 is 2.23 bits per heavy atom. The highest BCUT2D eigenvalue weighted by molar-refractivity contribution is 6.04. The lowest BCUT2D eigenvalue weighted by Gasteiger charge is -2.01. The van der Waals surface area contributed by atoms with Crippen molar-refractivity contribution in [1.82, 2.24) is 10.5 Å². The average molecular weight is 181 g/mol. The molecular weight excluding hydrogens is 174 g/mol. The van der Waals surface area contributed by atoms with Gasteiger partial charge in [-0.3, -0.25) is 19.8 Å². The van der Waals surface area contributed by atoms with Gasteiger partial charge in [0.15, 0.2) is 0 Å². The van der Waals surface area contributed by atoms with Crippen molar-refractivity contribution in [3.63, 3.8) is 0 Å². The largest absolute Gasteiger partial charge is 0.366 e. The predicted molar refractivity (Wildman–Crippen MR) is 42.0 cm³/mol. The van der Waals surface area contributed by atoms with Crippen molar-refractivity contribution in [3.8, 4) is 0 Å². The van der Waals surface area contributed by atoms with Gasteiger partial charge in [0.25, 0.3) is 11.8 Å². The van der Waals surface area contributed by atoms with Gasteiger partial charge in [-0.25, -0.2) is 5.48 Å². The minimum Gasteiger partial charge on any atom is -0.366 e. The van der Waals surface area contributed by atoms with Crippen molar-refractivity contribution in [2.75, 3.05) is 0 Å². The summed E-state index contributed by atoms with van der Waals surface area (Å²) in [6.45, 7) is 0. The first-order valence-electron chi connectivity index (χ1n) is 3.36. The van der Waals surface area contributed by atoms with Crippen molar-refractivity contribution >= 4 is 11.8 Å². The maximum atomic E-state index is 10.9. The second-order valence-electron chi connectivity index (χ2n) is 2.20. The molecule has 2 amide bonds. The monoisotopic (exact) mass is 181 g/mol. The number of primary amides is 1. The molecule has 0 aliphatic rings. The molecule has 13 heavy (non-hydrogen) atoms. The molecule has 0 saturated heterocycles. The first kappa shape index (κ1) is 9.14. The molecular formula is C7H7N3O3. The number of nitrogens with two attached hydrogens (primary N) is 1. The summed E-state index contributed by atoms with van der Waals surface area (Å²) in [6, 6.07) is 2.81. The van der Waals surface area contributed by atoms with Crippen LogP contribution in [0.15, 0.2) is 18.3 Å². The van der Waals surface area contributed by atoms with Gasteiger partial charge in [0.2, 0.25) is 0 Å². The van der Waals surface area contributed by atoms with Gasteiger partial charge in [0.05, 0.1) is 5.56 Å². The van der Waals surface area contributed by atoms with E-state index in [9.17, 15) is 9.59 Å². The maximum absolute atomic E-state index is 10.9. The van der Waals surface area contributed by atoms with Crippen LogP contribution in [-0.2, 0) is 0 Å². The zero-order valence-electron chi connectivity index (χ0n) is 6.52. The Hall–Kier alpha value is -1.95. The minimum atomic E-state index is -0.866. The lowest BCUT2D eigenvalue weighted by Crippen LogP contribution is -2.25. The van der Waals surface area contributed by atoms with Gasteiger partial charge in [-0.1, -0.05) is 0 Å². The average Bonchev–Trinajstić information content (AvgIpc) is 2.16. The van der Waals surface area contributed by atoms with Crippen molar-refractivity contribution < 1.29 is 14.8 Å². The highest BCUT2D eigenvalue weighted by Crippen LogP contribution is 2.03. The molecule has 0 aliphatic heterocycles. The number of carbonyl (C=O) groups is 2. The number of aromatic nitrogens is 1. The zero-order chi connectivity index (χ0) is 9.84. The molecule has 1 aromatic heterocycles. The standard InChI is InChI=1S/C7H7N3O3/c8-6(11)4-2-1-3-9-5(4)7(12)10-13/h1-3,13H,(H2,8,11)(H,10,12). The molecule has 0 aromatic carbocycles. The van der Waals surface area contributed by atoms with Crippen LogP contribution in [0.5, 0.6) is 0 Å². The topological polar surface area (TPSA) is 105 Å². The van der Waals surface area contributed by atoms with Gasteiger partial charge in [-0.05, 0) is 12.1 Å². The summed E-state index contributed by atoms with van der Waals surface area (Å²) < 4.78 is 0. The normalized spacial score (nSPS) is 9.31. The molecule has 0 spiro atoms. The summed E-state index contributed by atoms with van der Waals surface area (Å²) in [7, 11) is 0. The third-order valence-electron chi connectivity index (χ3n) is 1.39. The number of hydroxylamine groups is 1. The summed E-state index contributed by atoms with van der Waals surface area (Å²) in [5.74, 6) is -1.64. The van der Waals surface area contributed by atoms with Crippen LogP contribution in [0.25, 0.3) is 0 Å². The van der Waals surface area contributed by atoms with E-state index in [4.69, 9.17) is 10.9 Å². The van der Waals surface area contributed by atoms with Gasteiger partial charge in [0, 0.05) is 6.20 Å². The number of amides is 2. The van der Waals surface area contributed by atoms with E-state index in [0.29, 0.717) is 0 Å². The first-order valence-corrected chi connectivity index (χ1v) is 3.36. The van der Waals surface area contributed by atoms with Crippen LogP contribution in [0, 0.1) is 0 Å². The van der Waals surface area contributed by atoms with Crippen LogP contribution in [0.1, 0.15) is 20.8 Å². The SMILES string of the molecule is NC(=O)c1cccnc1C(=O)NO. The molecule has 0 unspecified atom stereocenters. The van der Waals surface area contributed by atoms with Crippen LogP contribution < -0.4 is 11.2 Å². The Labute approximate surface area is 73.3 Å². The van der Waals surface area contributed by atoms with E-state index in [1.54, 1.807) is 0 Å². The van der Waals surface area contributed by atoms with E-state index < -0.39 is 11.8 Å². The zero-order valence-corrected chi connectivity index (χ0v) is 6.52. The molecule has 6 heteroatoms. The molecule has 1 aromatic rings. The van der Waals surface area contributed by atoms with E-state index in [2.05, 4.69) is 4.98 Å². The molecule has 1 rings (SSSR count). The van der Waals surface area contributed by atoms with E-state index >= 15 is 0 Å². The van der Waals surface area contributed by atoms with Crippen LogP contribution in [0.3, 0.4) is 0 Å². The molecule has 1 heterocycles. The smallest absolute Gasteiger partial charge is 0.294 e. The summed E-state index contributed by atoms with van der Waals surface area (Å²) in [5, 5.41) is 8.30. The van der Waals surface area contributed by atoms with Crippen molar-refractivity contribution in [1.29, 1.82) is 0 Å². The minimum absolute atomic E-state index is 0.0333. The van der Waals surface area contributed by atoms with Gasteiger partial charge in [-0.2, -0.15) is 0 Å². The van der Waals surface area contributed by atoms with E-state index in [1.165, 1.54) is 23.8 Å². The Kier molecular flexibility index (Phi) is 2.56. The van der Waals surface area contributed by atoms with Crippen LogP contribution in [0.4, 0.5) is 0 Å². The summed E-state index contributed by atoms with van der Waals surface area (Å²) in [5.41, 5.74) is 6.10. The fourth-order valence-corrected chi connectivity index (χ4v) is 0.838. The summed E-state index contributed by atoms with van der Waals surface area (Å²) in [6.07, 6.45) is 1.32. The molecule has 0 saturated carbocycles. The Morgan fingerprint density at radius 3 is 2.77 bits per heavy atom. The Bertz CT molecular complexity index is 351. The lowest BCUT2D eigenvalue weighted by molar-refractivity contribution is 0.0697. The molecule has 0 atom stereocenters. The van der Waals surface area contributed by atoms with E-state index in [-0.39, 0.29) is 11.3 Å². The van der Waals surface area contributed by atoms with Crippen molar-refractivity contribution in [2.24, 2.45) is 5.73 Å². The third-order valence-corrected chi connectivity index (χ3v) is 1.39. The second-order valence-corrected chi connectivity index (χ2v) is 2.20. The molecule has 0 bridgehead atoms. The quantitative estimate of drug-likeness (QED) is 0.414. The Morgan fingerprint density at radius 1 is 1.54 bits per heavy atom. The number of pyridine rings is 1. The number of hydrogen-bond acceptors (Lipinski definition) is 4. The number of rotatable bonds is 2. The molecule has 0 fully saturated rings. The number of nitrogens with one attached hydrogen (secondary N) is 1. The van der Waals surface area contributed by atoms with Gasteiger partial charge < -0.3 is 5.73 Å². The second kappa shape index (κ2) is 3.63. The maximum Gasteiger partial charge on any atom is 0.294 e. The van der Waals surface area contributed by atoms with Gasteiger partial charge in [-0.15, -0.1) is 0 Å². The van der Waals surface area contributed by atoms with E-state index in [0.717, 1.165) is 0 Å². The first-order chi connectivity index (χ1) is 6.16. The molecule has 4 N–H and O–H groups in total. The van der Waals surface area contributed by atoms with Crippen molar-refractivity contribution in [3.05, 3.63) is 29.6 Å².